The third-order valence-electron chi connectivity index (χ3n) is 4.64. The Morgan fingerprint density at radius 3 is 0.375 bits per heavy atom. The molecule has 0 saturated carbocycles. The third-order valence-corrected chi connectivity index (χ3v) is 8.42. The normalized spacial score (nSPS) is 18.7. The van der Waals surface area contributed by atoms with Gasteiger partial charge in [-0.25, -0.2) is 0 Å². The van der Waals surface area contributed by atoms with E-state index in [9.17, 15) is 0 Å². The Morgan fingerprint density at radius 2 is 0.292 bits per heavy atom. The van der Waals surface area contributed by atoms with Crippen LogP contribution in [0, 0.1) is 77.8 Å². The second-order valence-corrected chi connectivity index (χ2v) is 8.90. The number of fused-ring (bicyclic) bond motifs is 4. The van der Waals surface area contributed by atoms with Gasteiger partial charge in [0.15, 0.2) is 0 Å². The summed E-state index contributed by atoms with van der Waals surface area (Å²) >= 11 is 43.8. The van der Waals surface area contributed by atoms with Gasteiger partial charge in [0.25, 0.3) is 0 Å². The molecule has 1 aliphatic carbocycles. The molecule has 4 aromatic rings. The van der Waals surface area contributed by atoms with Crippen molar-refractivity contribution in [2.75, 3.05) is 0 Å². The molecule has 4 aromatic carbocycles. The molecule has 0 aromatic heterocycles. The fourth-order valence-corrected chi connectivity index (χ4v) is 5.92. The molecular weight excluding hydrogens is 449 g/mol. The molecule has 0 heterocycles. The lowest BCUT2D eigenvalue weighted by atomic mass is 9.95. The van der Waals surface area contributed by atoms with E-state index in [1.165, 1.54) is 0 Å². The molecular formula is C16S8. The van der Waals surface area contributed by atoms with Crippen molar-refractivity contribution >= 4 is 97.7 Å². The first-order chi connectivity index (χ1) is 11.3. The van der Waals surface area contributed by atoms with Crippen molar-refractivity contribution < 1.29 is 0 Å². The Balaban J connectivity index is 2.64. The first-order valence-corrected chi connectivity index (χ1v) is 9.90. The van der Waals surface area contributed by atoms with Crippen LogP contribution in [0.4, 0.5) is 0 Å². The van der Waals surface area contributed by atoms with Crippen molar-refractivity contribution in [3.8, 4) is 0 Å². The summed E-state index contributed by atoms with van der Waals surface area (Å²) in [6.45, 7) is 0. The van der Waals surface area contributed by atoms with Crippen LogP contribution in [0.15, 0.2) is 0 Å². The zero-order chi connectivity index (χ0) is 17.2. The number of hydrogen-bond donors (Lipinski definition) is 0. The molecule has 0 amide bonds. The van der Waals surface area contributed by atoms with Crippen LogP contribution in [0.25, 0.3) is 0 Å². The minimum atomic E-state index is 0.640. The smallest absolute Gasteiger partial charge is 0.0650 e. The van der Waals surface area contributed by atoms with Gasteiger partial charge in [0.2, 0.25) is 0 Å². The minimum Gasteiger partial charge on any atom is -0.0778 e. The van der Waals surface area contributed by atoms with E-state index in [2.05, 4.69) is 0 Å². The van der Waals surface area contributed by atoms with Crippen molar-refractivity contribution in [3.63, 3.8) is 0 Å². The van der Waals surface area contributed by atoms with Gasteiger partial charge in [0, 0.05) is 41.7 Å². The monoisotopic (exact) mass is 448 g/mol. The van der Waals surface area contributed by atoms with Crippen molar-refractivity contribution in [1.29, 1.82) is 0 Å². The summed E-state index contributed by atoms with van der Waals surface area (Å²) in [6.07, 6.45) is 0. The van der Waals surface area contributed by atoms with Crippen LogP contribution in [0.1, 0.15) is 0 Å². The van der Waals surface area contributed by atoms with Gasteiger partial charge in [0.05, 0.1) is 36.1 Å². The summed E-state index contributed by atoms with van der Waals surface area (Å²) < 4.78 is 5.12. The Hall–Kier alpha value is -0.320. The van der Waals surface area contributed by atoms with Gasteiger partial charge >= 0.3 is 0 Å². The van der Waals surface area contributed by atoms with Crippen molar-refractivity contribution in [2.24, 2.45) is 0 Å². The summed E-state index contributed by atoms with van der Waals surface area (Å²) in [5, 5.41) is 7.06. The highest BCUT2D eigenvalue weighted by Gasteiger charge is 2.18. The molecule has 1 aliphatic rings. The molecule has 0 unspecified atom stereocenters. The molecule has 0 N–H and O–H groups in total. The van der Waals surface area contributed by atoms with Gasteiger partial charge in [-0.3, -0.25) is 0 Å². The van der Waals surface area contributed by atoms with E-state index in [4.69, 9.17) is 97.7 Å². The zero-order valence-corrected chi connectivity index (χ0v) is 17.8. The van der Waals surface area contributed by atoms with Crippen LogP contribution in [0.3, 0.4) is 0 Å². The maximum atomic E-state index is 5.48. The van der Waals surface area contributed by atoms with E-state index in [0.717, 1.165) is 41.7 Å². The van der Waals surface area contributed by atoms with Gasteiger partial charge < -0.3 is 0 Å². The topological polar surface area (TPSA) is 0 Å². The molecule has 8 heteroatoms. The van der Waals surface area contributed by atoms with Crippen LogP contribution in [-0.4, -0.2) is 0 Å². The number of hydrogen-bond acceptors (Lipinski definition) is 8. The average molecular weight is 449 g/mol. The highest BCUT2D eigenvalue weighted by Crippen LogP contribution is 2.26. The van der Waals surface area contributed by atoms with Crippen molar-refractivity contribution in [3.05, 3.63) is 77.8 Å². The van der Waals surface area contributed by atoms with Crippen LogP contribution >= 0.6 is 97.7 Å². The molecule has 0 spiro atoms. The molecule has 5 rings (SSSR count). The maximum absolute atomic E-state index is 5.48. The van der Waals surface area contributed by atoms with Crippen LogP contribution in [0.2, 0.25) is 0 Å². The fraction of sp³-hybridized carbons (Fsp3) is 0. The molecule has 0 saturated heterocycles. The first-order valence-electron chi connectivity index (χ1n) is 6.63. The molecule has 0 bridgehead atoms. The average Bonchev–Trinajstić information content (AvgIpc) is 2.59. The SMILES string of the molecule is S=c1c(=S)c2/c1=c1/c(=S)c(=S)/c1=c1\c(=S)c(=S)\c1=c1/c(=S)c(=S)/c1=2. The van der Waals surface area contributed by atoms with Crippen molar-refractivity contribution in [1.82, 2.24) is 0 Å². The van der Waals surface area contributed by atoms with E-state index in [1.807, 2.05) is 0 Å². The van der Waals surface area contributed by atoms with Crippen molar-refractivity contribution in [2.45, 2.75) is 0 Å². The quantitative estimate of drug-likeness (QED) is 0.244. The predicted molar refractivity (Wildman–Crippen MR) is 113 cm³/mol. The van der Waals surface area contributed by atoms with Gasteiger partial charge in [-0.15, -0.1) is 0 Å². The van der Waals surface area contributed by atoms with E-state index in [1.54, 1.807) is 0 Å². The van der Waals surface area contributed by atoms with E-state index >= 15 is 0 Å². The second kappa shape index (κ2) is 4.69. The lowest BCUT2D eigenvalue weighted by molar-refractivity contribution is 1.16. The zero-order valence-electron chi connectivity index (χ0n) is 11.3. The highest BCUT2D eigenvalue weighted by molar-refractivity contribution is 7.75. The van der Waals surface area contributed by atoms with Gasteiger partial charge in [-0.05, 0) is 0 Å². The highest BCUT2D eigenvalue weighted by atomic mass is 32.1. The molecule has 112 valence electrons. The summed E-state index contributed by atoms with van der Waals surface area (Å²) in [5.41, 5.74) is 0. The fourth-order valence-electron chi connectivity index (χ4n) is 3.47. The first kappa shape index (κ1) is 15.9. The Bertz CT molecular complexity index is 1520. The minimum absolute atomic E-state index is 0.640. The van der Waals surface area contributed by atoms with E-state index in [0.29, 0.717) is 36.1 Å². The maximum Gasteiger partial charge on any atom is 0.0650 e. The van der Waals surface area contributed by atoms with Gasteiger partial charge in [-0.1, -0.05) is 97.7 Å². The summed E-state index contributed by atoms with van der Waals surface area (Å²) in [7, 11) is 0. The Morgan fingerprint density at radius 1 is 0.208 bits per heavy atom. The summed E-state index contributed by atoms with van der Waals surface area (Å²) in [5.74, 6) is 0. The molecule has 0 atom stereocenters. The predicted octanol–water partition coefficient (Wildman–Crippen LogP) is 6.49. The third kappa shape index (κ3) is 1.46. The van der Waals surface area contributed by atoms with Gasteiger partial charge in [0.1, 0.15) is 0 Å². The Kier molecular flexibility index (Phi) is 3.11. The lowest BCUT2D eigenvalue weighted by Crippen LogP contribution is -2.04. The molecule has 24 heavy (non-hydrogen) atoms. The number of rotatable bonds is 0. The van der Waals surface area contributed by atoms with Gasteiger partial charge in [-0.2, -0.15) is 0 Å². The largest absolute Gasteiger partial charge is 0.0778 e. The molecule has 0 fully saturated rings. The van der Waals surface area contributed by atoms with Crippen LogP contribution in [0.5, 0.6) is 0 Å². The standard InChI is InChI=1S/C16S8/c17-9-1-2(10(9)18)4-6(14(22)13(4)21)8-7(15(23)16(8)24)5-3(1)11(19)12(5)20/b3-1-,4-2-,7-5-,8-6-. The van der Waals surface area contributed by atoms with Crippen LogP contribution < -0.4 is 0 Å². The molecule has 0 aliphatic heterocycles. The molecule has 0 radical (unpaired) electrons. The van der Waals surface area contributed by atoms with Crippen LogP contribution in [-0.2, 0) is 0 Å². The Labute approximate surface area is 174 Å². The summed E-state index contributed by atoms with van der Waals surface area (Å²) in [4.78, 5) is 0. The second-order valence-electron chi connectivity index (χ2n) is 5.63. The summed E-state index contributed by atoms with van der Waals surface area (Å²) in [6, 6.07) is 0. The lowest BCUT2D eigenvalue weighted by Gasteiger charge is -2.11. The van der Waals surface area contributed by atoms with E-state index < -0.39 is 0 Å². The molecule has 0 nitrogen and oxygen atoms in total. The van der Waals surface area contributed by atoms with E-state index in [-0.39, 0.29) is 0 Å².